The molecule has 1 spiro atoms. The van der Waals surface area contributed by atoms with Crippen molar-refractivity contribution in [2.75, 3.05) is 38.3 Å². The second-order valence-electron chi connectivity index (χ2n) is 11.1. The van der Waals surface area contributed by atoms with Gasteiger partial charge in [-0.05, 0) is 68.7 Å². The van der Waals surface area contributed by atoms with Crippen molar-refractivity contribution >= 4 is 22.5 Å². The van der Waals surface area contributed by atoms with Crippen molar-refractivity contribution in [3.8, 4) is 17.0 Å². The number of nitrogens with zero attached hydrogens (tertiary/aromatic N) is 4. The van der Waals surface area contributed by atoms with Gasteiger partial charge in [0.05, 0.1) is 29.4 Å². The van der Waals surface area contributed by atoms with Gasteiger partial charge in [0.2, 0.25) is 11.8 Å². The average molecular weight is 499 g/mol. The third-order valence-electron chi connectivity index (χ3n) is 8.66. The SMILES string of the molecule is CN1C(=O)C2(CCOCC2)c2c1cnc1ccc(-c3ccc(OCCCN(C4CC4)C4CC4)nc3)cc21. The lowest BCUT2D eigenvalue weighted by Gasteiger charge is -2.32. The summed E-state index contributed by atoms with van der Waals surface area (Å²) in [6.07, 6.45) is 11.7. The minimum atomic E-state index is -0.521. The lowest BCUT2D eigenvalue weighted by atomic mass is 9.74. The first-order valence-electron chi connectivity index (χ1n) is 13.8. The number of ether oxygens (including phenoxy) is 2. The Balaban J connectivity index is 1.10. The Morgan fingerprint density at radius 3 is 2.49 bits per heavy atom. The molecular weight excluding hydrogens is 464 g/mol. The van der Waals surface area contributed by atoms with Crippen molar-refractivity contribution in [3.63, 3.8) is 0 Å². The van der Waals surface area contributed by atoms with Gasteiger partial charge < -0.3 is 14.4 Å². The van der Waals surface area contributed by atoms with Crippen LogP contribution < -0.4 is 9.64 Å². The predicted molar refractivity (Wildman–Crippen MR) is 143 cm³/mol. The molecule has 0 atom stereocenters. The van der Waals surface area contributed by atoms with E-state index in [2.05, 4.69) is 39.1 Å². The highest BCUT2D eigenvalue weighted by Crippen LogP contribution is 2.50. The number of aromatic nitrogens is 2. The lowest BCUT2D eigenvalue weighted by molar-refractivity contribution is -0.126. The molecule has 2 aliphatic heterocycles. The second-order valence-corrected chi connectivity index (χ2v) is 11.1. The first kappa shape index (κ1) is 23.1. The van der Waals surface area contributed by atoms with Crippen molar-refractivity contribution in [2.45, 2.75) is 62.4 Å². The first-order chi connectivity index (χ1) is 18.1. The third kappa shape index (κ3) is 4.09. The van der Waals surface area contributed by atoms with Gasteiger partial charge in [-0.1, -0.05) is 6.07 Å². The van der Waals surface area contributed by atoms with E-state index in [1.165, 1.54) is 25.7 Å². The van der Waals surface area contributed by atoms with Gasteiger partial charge in [-0.3, -0.25) is 14.7 Å². The highest BCUT2D eigenvalue weighted by atomic mass is 16.5. The summed E-state index contributed by atoms with van der Waals surface area (Å²) in [5, 5.41) is 1.05. The van der Waals surface area contributed by atoms with Crippen molar-refractivity contribution in [1.82, 2.24) is 14.9 Å². The van der Waals surface area contributed by atoms with Gasteiger partial charge in [-0.15, -0.1) is 0 Å². The normalized spacial score (nSPS) is 20.7. The third-order valence-corrected chi connectivity index (χ3v) is 8.66. The number of amides is 1. The number of carbonyl (C=O) groups is 1. The number of likely N-dealkylation sites (N-methyl/N-ethyl adjacent to an activating group) is 1. The molecule has 2 aliphatic carbocycles. The summed E-state index contributed by atoms with van der Waals surface area (Å²) in [4.78, 5) is 27.2. The molecule has 7 heteroatoms. The molecule has 0 unspecified atom stereocenters. The second kappa shape index (κ2) is 9.07. The maximum Gasteiger partial charge on any atom is 0.237 e. The van der Waals surface area contributed by atoms with Crippen LogP contribution in [0.5, 0.6) is 5.88 Å². The van der Waals surface area contributed by atoms with Crippen LogP contribution in [0.1, 0.15) is 50.5 Å². The fraction of sp³-hybridized carbons (Fsp3) is 0.500. The van der Waals surface area contributed by atoms with E-state index in [1.54, 1.807) is 4.90 Å². The maximum absolute atomic E-state index is 13.4. The molecule has 1 amide bonds. The van der Waals surface area contributed by atoms with E-state index in [0.717, 1.165) is 58.3 Å². The summed E-state index contributed by atoms with van der Waals surface area (Å²) in [6.45, 7) is 3.04. The maximum atomic E-state index is 13.4. The Morgan fingerprint density at radius 2 is 1.78 bits per heavy atom. The monoisotopic (exact) mass is 498 g/mol. The van der Waals surface area contributed by atoms with E-state index >= 15 is 0 Å². The largest absolute Gasteiger partial charge is 0.478 e. The topological polar surface area (TPSA) is 67.8 Å². The van der Waals surface area contributed by atoms with E-state index in [1.807, 2.05) is 25.5 Å². The number of hydrogen-bond donors (Lipinski definition) is 0. The van der Waals surface area contributed by atoms with Crippen LogP contribution in [0.25, 0.3) is 22.0 Å². The van der Waals surface area contributed by atoms with Gasteiger partial charge in [0.25, 0.3) is 0 Å². The molecule has 0 bridgehead atoms. The lowest BCUT2D eigenvalue weighted by Crippen LogP contribution is -2.43. The average Bonchev–Trinajstić information content (AvgIpc) is 3.87. The van der Waals surface area contributed by atoms with Crippen LogP contribution in [0.3, 0.4) is 0 Å². The van der Waals surface area contributed by atoms with Crippen LogP contribution in [0.15, 0.2) is 42.7 Å². The number of rotatable bonds is 8. The van der Waals surface area contributed by atoms with E-state index in [-0.39, 0.29) is 5.91 Å². The Hall–Kier alpha value is -3.03. The zero-order valence-electron chi connectivity index (χ0n) is 21.5. The van der Waals surface area contributed by atoms with Crippen molar-refractivity contribution in [3.05, 3.63) is 48.3 Å². The summed E-state index contributed by atoms with van der Waals surface area (Å²) >= 11 is 0. The number of fused-ring (bicyclic) bond motifs is 4. The Morgan fingerprint density at radius 1 is 1.03 bits per heavy atom. The number of hydrogen-bond acceptors (Lipinski definition) is 6. The molecule has 7 nitrogen and oxygen atoms in total. The minimum Gasteiger partial charge on any atom is -0.478 e. The van der Waals surface area contributed by atoms with Gasteiger partial charge >= 0.3 is 0 Å². The summed E-state index contributed by atoms with van der Waals surface area (Å²) in [7, 11) is 1.86. The van der Waals surface area contributed by atoms with Gasteiger partial charge in [0, 0.05) is 67.7 Å². The smallest absolute Gasteiger partial charge is 0.237 e. The van der Waals surface area contributed by atoms with Crippen molar-refractivity contribution in [1.29, 1.82) is 0 Å². The number of carbonyl (C=O) groups excluding carboxylic acids is 1. The molecule has 0 N–H and O–H groups in total. The van der Waals surface area contributed by atoms with Crippen LogP contribution >= 0.6 is 0 Å². The molecule has 37 heavy (non-hydrogen) atoms. The van der Waals surface area contributed by atoms with E-state index in [4.69, 9.17) is 9.47 Å². The van der Waals surface area contributed by atoms with Crippen LogP contribution in [-0.4, -0.2) is 66.3 Å². The molecule has 4 heterocycles. The highest BCUT2D eigenvalue weighted by molar-refractivity contribution is 6.12. The van der Waals surface area contributed by atoms with Crippen LogP contribution in [-0.2, 0) is 14.9 Å². The van der Waals surface area contributed by atoms with Crippen molar-refractivity contribution < 1.29 is 14.3 Å². The van der Waals surface area contributed by atoms with E-state index in [9.17, 15) is 4.79 Å². The molecule has 3 fully saturated rings. The number of pyridine rings is 2. The summed E-state index contributed by atoms with van der Waals surface area (Å²) < 4.78 is 11.6. The molecule has 2 saturated carbocycles. The van der Waals surface area contributed by atoms with Gasteiger partial charge in [0.1, 0.15) is 0 Å². The van der Waals surface area contributed by atoms with Crippen LogP contribution in [0.2, 0.25) is 0 Å². The molecule has 4 aliphatic rings. The fourth-order valence-corrected chi connectivity index (χ4v) is 6.38. The van der Waals surface area contributed by atoms with E-state index < -0.39 is 5.41 Å². The fourth-order valence-electron chi connectivity index (χ4n) is 6.38. The van der Waals surface area contributed by atoms with Crippen LogP contribution in [0, 0.1) is 0 Å². The molecule has 192 valence electrons. The Labute approximate surface area is 217 Å². The molecule has 0 radical (unpaired) electrons. The highest BCUT2D eigenvalue weighted by Gasteiger charge is 2.51. The first-order valence-corrected chi connectivity index (χ1v) is 13.8. The zero-order chi connectivity index (χ0) is 25.0. The summed E-state index contributed by atoms with van der Waals surface area (Å²) in [5.74, 6) is 0.830. The molecule has 1 aromatic carbocycles. The molecule has 3 aromatic rings. The number of anilines is 1. The number of benzene rings is 1. The standard InChI is InChI=1S/C30H34N4O3/c1-33-26-19-31-25-9-3-20(17-24(25)28(26)30(29(33)35)11-15-36-16-12-30)21-4-10-27(32-18-21)37-14-2-13-34(22-5-6-22)23-7-8-23/h3-4,9-10,17-19,22-23H,2,5-8,11-16H2,1H3. The molecule has 1 saturated heterocycles. The van der Waals surface area contributed by atoms with E-state index in [0.29, 0.717) is 38.5 Å². The van der Waals surface area contributed by atoms with Crippen LogP contribution in [0.4, 0.5) is 5.69 Å². The Bertz CT molecular complexity index is 1310. The molecular formula is C30H34N4O3. The van der Waals surface area contributed by atoms with Gasteiger partial charge in [-0.25, -0.2) is 4.98 Å². The minimum absolute atomic E-state index is 0.158. The summed E-state index contributed by atoms with van der Waals surface area (Å²) in [5.41, 5.74) is 4.51. The summed E-state index contributed by atoms with van der Waals surface area (Å²) in [6, 6.07) is 12.0. The van der Waals surface area contributed by atoms with Crippen molar-refractivity contribution in [2.24, 2.45) is 0 Å². The zero-order valence-corrected chi connectivity index (χ0v) is 21.5. The quantitative estimate of drug-likeness (QED) is 0.419. The van der Waals surface area contributed by atoms with Gasteiger partial charge in [0.15, 0.2) is 0 Å². The Kier molecular flexibility index (Phi) is 5.66. The van der Waals surface area contributed by atoms with Gasteiger partial charge in [-0.2, -0.15) is 0 Å². The molecule has 7 rings (SSSR count). The predicted octanol–water partition coefficient (Wildman–Crippen LogP) is 4.72. The molecule has 2 aromatic heterocycles.